The fraction of sp³-hybridized carbons (Fsp3) is 0.400. The predicted molar refractivity (Wildman–Crippen MR) is 124 cm³/mol. The lowest BCUT2D eigenvalue weighted by atomic mass is 9.94. The molecule has 0 aliphatic heterocycles. The standard InChI is InChI=1S/C25H28N4O4/c1-17(11-24(31)32)10-23(30)25-20-12-19(26-2)7-8-21(20)29(3)22(25)6-4-5-9-33-15-18-13-27-16-28-14-18/h7-8,12-14,16-17H,4-6,9-11,15H2,1,3H3,(H,31,32). The third kappa shape index (κ3) is 6.24. The first-order chi connectivity index (χ1) is 15.9. The van der Waals surface area contributed by atoms with Gasteiger partial charge in [-0.25, -0.2) is 14.8 Å². The molecule has 2 heterocycles. The monoisotopic (exact) mass is 448 g/mol. The van der Waals surface area contributed by atoms with Crippen LogP contribution in [0.15, 0.2) is 36.9 Å². The zero-order chi connectivity index (χ0) is 23.8. The highest BCUT2D eigenvalue weighted by Crippen LogP contribution is 2.32. The Morgan fingerprint density at radius 2 is 1.97 bits per heavy atom. The molecule has 0 fully saturated rings. The SMILES string of the molecule is [C-]#[N+]c1ccc2c(c1)c(C(=O)CC(C)CC(=O)O)c(CCCCOCc1cncnc1)n2C. The van der Waals surface area contributed by atoms with E-state index in [2.05, 4.69) is 14.8 Å². The molecule has 1 atom stereocenters. The van der Waals surface area contributed by atoms with Gasteiger partial charge in [0.1, 0.15) is 6.33 Å². The Labute approximate surface area is 193 Å². The summed E-state index contributed by atoms with van der Waals surface area (Å²) in [5.41, 5.74) is 3.82. The quantitative estimate of drug-likeness (QED) is 0.244. The number of aliphatic carboxylic acids is 1. The number of rotatable bonds is 12. The number of nitrogens with zero attached hydrogens (tertiary/aromatic N) is 4. The largest absolute Gasteiger partial charge is 0.481 e. The van der Waals surface area contributed by atoms with E-state index < -0.39 is 5.97 Å². The van der Waals surface area contributed by atoms with Gasteiger partial charge in [0.25, 0.3) is 0 Å². The number of Topliss-reactive ketones (excluding diaryl/α,β-unsaturated/α-hetero) is 1. The van der Waals surface area contributed by atoms with Gasteiger partial charge in [-0.05, 0) is 37.3 Å². The molecule has 33 heavy (non-hydrogen) atoms. The summed E-state index contributed by atoms with van der Waals surface area (Å²) in [6, 6.07) is 5.38. The molecule has 0 saturated carbocycles. The van der Waals surface area contributed by atoms with Crippen LogP contribution in [0.1, 0.15) is 54.2 Å². The Balaban J connectivity index is 1.73. The Morgan fingerprint density at radius 1 is 1.21 bits per heavy atom. The third-order valence-electron chi connectivity index (χ3n) is 5.60. The molecular formula is C25H28N4O4. The minimum atomic E-state index is -0.911. The molecule has 3 rings (SSSR count). The molecule has 0 amide bonds. The second-order valence-corrected chi connectivity index (χ2v) is 8.28. The molecule has 8 heteroatoms. The summed E-state index contributed by atoms with van der Waals surface area (Å²) in [6.45, 7) is 10.1. The second kappa shape index (κ2) is 11.3. The summed E-state index contributed by atoms with van der Waals surface area (Å²) in [7, 11) is 1.93. The zero-order valence-electron chi connectivity index (χ0n) is 19.0. The third-order valence-corrected chi connectivity index (χ3v) is 5.60. The molecule has 2 aromatic heterocycles. The van der Waals surface area contributed by atoms with Gasteiger partial charge in [-0.2, -0.15) is 0 Å². The summed E-state index contributed by atoms with van der Waals surface area (Å²) in [5, 5.41) is 9.82. The fourth-order valence-electron chi connectivity index (χ4n) is 4.04. The number of ether oxygens (including phenoxy) is 1. The predicted octanol–water partition coefficient (Wildman–Crippen LogP) is 4.74. The van der Waals surface area contributed by atoms with Crippen molar-refractivity contribution in [1.82, 2.24) is 14.5 Å². The first-order valence-corrected chi connectivity index (χ1v) is 11.0. The van der Waals surface area contributed by atoms with Crippen LogP contribution in [-0.2, 0) is 29.6 Å². The number of carboxylic acids is 1. The van der Waals surface area contributed by atoms with Crippen LogP contribution in [0.25, 0.3) is 15.7 Å². The smallest absolute Gasteiger partial charge is 0.303 e. The molecule has 1 unspecified atom stereocenters. The number of aryl methyl sites for hydroxylation is 1. The Bertz CT molecular complexity index is 1160. The fourth-order valence-corrected chi connectivity index (χ4v) is 4.04. The van der Waals surface area contributed by atoms with Crippen molar-refractivity contribution >= 4 is 28.3 Å². The summed E-state index contributed by atoms with van der Waals surface area (Å²) in [6.07, 6.45) is 7.38. The molecule has 0 bridgehead atoms. The van der Waals surface area contributed by atoms with E-state index in [4.69, 9.17) is 16.4 Å². The number of carbonyl (C=O) groups is 2. The average Bonchev–Trinajstić information content (AvgIpc) is 3.07. The van der Waals surface area contributed by atoms with Gasteiger partial charge in [0, 0.05) is 66.6 Å². The highest BCUT2D eigenvalue weighted by atomic mass is 16.5. The van der Waals surface area contributed by atoms with Gasteiger partial charge < -0.3 is 14.4 Å². The van der Waals surface area contributed by atoms with Crippen LogP contribution in [-0.4, -0.2) is 38.0 Å². The number of hydrogen-bond donors (Lipinski definition) is 1. The first kappa shape index (κ1) is 24.1. The summed E-state index contributed by atoms with van der Waals surface area (Å²) >= 11 is 0. The Hall–Kier alpha value is -3.57. The van der Waals surface area contributed by atoms with Crippen molar-refractivity contribution in [1.29, 1.82) is 0 Å². The van der Waals surface area contributed by atoms with Crippen molar-refractivity contribution < 1.29 is 19.4 Å². The topological polar surface area (TPSA) is 98.7 Å². The van der Waals surface area contributed by atoms with Crippen molar-refractivity contribution in [3.63, 3.8) is 0 Å². The van der Waals surface area contributed by atoms with E-state index >= 15 is 0 Å². The van der Waals surface area contributed by atoms with E-state index in [-0.39, 0.29) is 24.5 Å². The molecule has 172 valence electrons. The Kier molecular flexibility index (Phi) is 8.28. The van der Waals surface area contributed by atoms with Crippen LogP contribution in [0, 0.1) is 12.5 Å². The number of carboxylic acid groups (broad SMARTS) is 1. The van der Waals surface area contributed by atoms with Crippen LogP contribution < -0.4 is 0 Å². The number of carbonyl (C=O) groups excluding carboxylic acids is 1. The minimum Gasteiger partial charge on any atom is -0.481 e. The van der Waals surface area contributed by atoms with Gasteiger partial charge >= 0.3 is 5.97 Å². The summed E-state index contributed by atoms with van der Waals surface area (Å²) in [5.74, 6) is -1.25. The molecular weight excluding hydrogens is 420 g/mol. The second-order valence-electron chi connectivity index (χ2n) is 8.28. The van der Waals surface area contributed by atoms with Crippen molar-refractivity contribution in [3.05, 3.63) is 65.2 Å². The molecule has 3 aromatic rings. The van der Waals surface area contributed by atoms with Crippen LogP contribution in [0.4, 0.5) is 5.69 Å². The van der Waals surface area contributed by atoms with E-state index in [1.807, 2.05) is 17.7 Å². The van der Waals surface area contributed by atoms with Gasteiger partial charge in [-0.15, -0.1) is 0 Å². The molecule has 0 aliphatic rings. The number of fused-ring (bicyclic) bond motifs is 1. The maximum atomic E-state index is 13.3. The van der Waals surface area contributed by atoms with Crippen LogP contribution in [0.2, 0.25) is 0 Å². The zero-order valence-corrected chi connectivity index (χ0v) is 19.0. The van der Waals surface area contributed by atoms with Crippen molar-refractivity contribution in [2.45, 2.75) is 45.6 Å². The highest BCUT2D eigenvalue weighted by molar-refractivity contribution is 6.10. The van der Waals surface area contributed by atoms with Crippen LogP contribution in [0.3, 0.4) is 0 Å². The first-order valence-electron chi connectivity index (χ1n) is 11.0. The minimum absolute atomic E-state index is 0.0526. The number of hydrogen-bond acceptors (Lipinski definition) is 5. The Morgan fingerprint density at radius 3 is 2.67 bits per heavy atom. The van der Waals surface area contributed by atoms with E-state index in [9.17, 15) is 9.59 Å². The summed E-state index contributed by atoms with van der Waals surface area (Å²) in [4.78, 5) is 35.7. The van der Waals surface area contributed by atoms with Crippen LogP contribution in [0.5, 0.6) is 0 Å². The maximum absolute atomic E-state index is 13.3. The van der Waals surface area contributed by atoms with Gasteiger partial charge in [0.2, 0.25) is 0 Å². The van der Waals surface area contributed by atoms with Gasteiger partial charge in [0.15, 0.2) is 11.5 Å². The number of aromatic nitrogens is 3. The average molecular weight is 449 g/mol. The molecule has 0 spiro atoms. The lowest BCUT2D eigenvalue weighted by molar-refractivity contribution is -0.137. The molecule has 1 aromatic carbocycles. The van der Waals surface area contributed by atoms with E-state index in [0.717, 1.165) is 35.0 Å². The maximum Gasteiger partial charge on any atom is 0.303 e. The molecule has 8 nitrogen and oxygen atoms in total. The van der Waals surface area contributed by atoms with Crippen molar-refractivity contribution in [2.75, 3.05) is 6.61 Å². The van der Waals surface area contributed by atoms with Crippen molar-refractivity contribution in [3.8, 4) is 0 Å². The van der Waals surface area contributed by atoms with Crippen molar-refractivity contribution in [2.24, 2.45) is 13.0 Å². The number of benzene rings is 1. The van der Waals surface area contributed by atoms with E-state index in [0.29, 0.717) is 30.9 Å². The number of unbranched alkanes of at least 4 members (excludes halogenated alkanes) is 1. The highest BCUT2D eigenvalue weighted by Gasteiger charge is 2.23. The molecule has 1 N–H and O–H groups in total. The van der Waals surface area contributed by atoms with Gasteiger partial charge in [-0.3, -0.25) is 9.59 Å². The van der Waals surface area contributed by atoms with E-state index in [1.54, 1.807) is 31.5 Å². The lowest BCUT2D eigenvalue weighted by Gasteiger charge is -2.11. The summed E-state index contributed by atoms with van der Waals surface area (Å²) < 4.78 is 7.72. The molecule has 0 radical (unpaired) electrons. The van der Waals surface area contributed by atoms with Crippen LogP contribution >= 0.6 is 0 Å². The number of ketones is 1. The lowest BCUT2D eigenvalue weighted by Crippen LogP contribution is -2.12. The molecule has 0 aliphatic carbocycles. The molecule has 0 saturated heterocycles. The normalized spacial score (nSPS) is 11.9. The van der Waals surface area contributed by atoms with Gasteiger partial charge in [0.05, 0.1) is 13.2 Å². The van der Waals surface area contributed by atoms with Gasteiger partial charge in [-0.1, -0.05) is 13.0 Å². The van der Waals surface area contributed by atoms with E-state index in [1.165, 1.54) is 6.33 Å².